The number of hydrogen-bond donors (Lipinski definition) is 0. The SMILES string of the molecule is Cc1ccc(Cl)c2c1CCC=C2. The molecule has 0 aromatic heterocycles. The molecule has 0 nitrogen and oxygen atoms in total. The molecule has 0 bridgehead atoms. The zero-order valence-corrected chi connectivity index (χ0v) is 7.86. The van der Waals surface area contributed by atoms with Gasteiger partial charge in [-0.3, -0.25) is 0 Å². The molecule has 0 heterocycles. The van der Waals surface area contributed by atoms with Gasteiger partial charge in [-0.15, -0.1) is 0 Å². The summed E-state index contributed by atoms with van der Waals surface area (Å²) in [5.41, 5.74) is 4.01. The smallest absolute Gasteiger partial charge is 0.0481 e. The summed E-state index contributed by atoms with van der Waals surface area (Å²) in [6, 6.07) is 4.08. The van der Waals surface area contributed by atoms with E-state index in [0.717, 1.165) is 17.9 Å². The van der Waals surface area contributed by atoms with E-state index in [2.05, 4.69) is 25.1 Å². The normalized spacial score (nSPS) is 14.5. The fourth-order valence-corrected chi connectivity index (χ4v) is 1.93. The van der Waals surface area contributed by atoms with Crippen LogP contribution < -0.4 is 0 Å². The van der Waals surface area contributed by atoms with Crippen LogP contribution in [0.5, 0.6) is 0 Å². The Morgan fingerprint density at radius 2 is 2.17 bits per heavy atom. The first-order valence-corrected chi connectivity index (χ1v) is 4.61. The second-order valence-corrected chi connectivity index (χ2v) is 3.60. The molecule has 12 heavy (non-hydrogen) atoms. The Hall–Kier alpha value is -0.750. The highest BCUT2D eigenvalue weighted by atomic mass is 35.5. The predicted octanol–water partition coefficient (Wildman–Crippen LogP) is 3.61. The molecule has 0 atom stereocenters. The second-order valence-electron chi connectivity index (χ2n) is 3.20. The Morgan fingerprint density at radius 1 is 1.33 bits per heavy atom. The molecule has 0 aliphatic heterocycles. The first-order valence-electron chi connectivity index (χ1n) is 4.23. The summed E-state index contributed by atoms with van der Waals surface area (Å²) < 4.78 is 0. The minimum absolute atomic E-state index is 0.881. The standard InChI is InChI=1S/C11H11Cl/c1-8-6-7-11(12)10-5-3-2-4-9(8)10/h3,5-7H,2,4H2,1H3. The van der Waals surface area contributed by atoms with Crippen LogP contribution in [0.2, 0.25) is 5.02 Å². The van der Waals surface area contributed by atoms with Gasteiger partial charge >= 0.3 is 0 Å². The maximum absolute atomic E-state index is 6.06. The van der Waals surface area contributed by atoms with Gasteiger partial charge in [-0.05, 0) is 42.5 Å². The molecule has 0 saturated carbocycles. The Balaban J connectivity index is 2.67. The fraction of sp³-hybridized carbons (Fsp3) is 0.273. The molecule has 0 N–H and O–H groups in total. The lowest BCUT2D eigenvalue weighted by Gasteiger charge is -2.14. The molecular formula is C11H11Cl. The van der Waals surface area contributed by atoms with Crippen molar-refractivity contribution in [3.8, 4) is 0 Å². The molecular weight excluding hydrogens is 168 g/mol. The molecule has 2 rings (SSSR count). The zero-order valence-electron chi connectivity index (χ0n) is 7.10. The molecule has 0 fully saturated rings. The van der Waals surface area contributed by atoms with E-state index >= 15 is 0 Å². The summed E-state index contributed by atoms with van der Waals surface area (Å²) >= 11 is 6.06. The van der Waals surface area contributed by atoms with Crippen molar-refractivity contribution in [2.75, 3.05) is 0 Å². The number of fused-ring (bicyclic) bond motifs is 1. The van der Waals surface area contributed by atoms with Gasteiger partial charge in [-0.25, -0.2) is 0 Å². The highest BCUT2D eigenvalue weighted by Gasteiger charge is 2.09. The topological polar surface area (TPSA) is 0 Å². The Labute approximate surface area is 77.9 Å². The van der Waals surface area contributed by atoms with E-state index in [-0.39, 0.29) is 0 Å². The van der Waals surface area contributed by atoms with Gasteiger partial charge in [0.15, 0.2) is 0 Å². The Morgan fingerprint density at radius 3 is 2.92 bits per heavy atom. The molecule has 1 aliphatic carbocycles. The maximum atomic E-state index is 6.06. The quantitative estimate of drug-likeness (QED) is 0.570. The number of benzene rings is 1. The summed E-state index contributed by atoms with van der Waals surface area (Å²) in [5.74, 6) is 0. The van der Waals surface area contributed by atoms with Gasteiger partial charge in [0.25, 0.3) is 0 Å². The third-order valence-corrected chi connectivity index (χ3v) is 2.71. The van der Waals surface area contributed by atoms with Crippen LogP contribution in [-0.4, -0.2) is 0 Å². The van der Waals surface area contributed by atoms with Crippen molar-refractivity contribution in [1.82, 2.24) is 0 Å². The van der Waals surface area contributed by atoms with E-state index in [1.54, 1.807) is 0 Å². The van der Waals surface area contributed by atoms with Crippen molar-refractivity contribution < 1.29 is 0 Å². The third kappa shape index (κ3) is 1.16. The van der Waals surface area contributed by atoms with Gasteiger partial charge in [0.1, 0.15) is 0 Å². The van der Waals surface area contributed by atoms with Crippen LogP contribution in [0.25, 0.3) is 6.08 Å². The molecule has 0 radical (unpaired) electrons. The van der Waals surface area contributed by atoms with E-state index < -0.39 is 0 Å². The van der Waals surface area contributed by atoms with Crippen LogP contribution in [0.3, 0.4) is 0 Å². The van der Waals surface area contributed by atoms with Crippen molar-refractivity contribution in [2.24, 2.45) is 0 Å². The average molecular weight is 179 g/mol. The molecule has 1 heteroatoms. The van der Waals surface area contributed by atoms with Crippen molar-refractivity contribution in [3.05, 3.63) is 39.9 Å². The van der Waals surface area contributed by atoms with Gasteiger partial charge in [-0.2, -0.15) is 0 Å². The zero-order chi connectivity index (χ0) is 8.55. The monoisotopic (exact) mass is 178 g/mol. The second kappa shape index (κ2) is 2.95. The number of hydrogen-bond acceptors (Lipinski definition) is 0. The lowest BCUT2D eigenvalue weighted by Crippen LogP contribution is -1.97. The van der Waals surface area contributed by atoms with Crippen LogP contribution in [0.15, 0.2) is 18.2 Å². The van der Waals surface area contributed by atoms with E-state index in [9.17, 15) is 0 Å². The van der Waals surface area contributed by atoms with E-state index in [1.807, 2.05) is 6.07 Å². The molecule has 1 aliphatic rings. The average Bonchev–Trinajstić information content (AvgIpc) is 2.12. The molecule has 1 aromatic carbocycles. The minimum Gasteiger partial charge on any atom is -0.0837 e. The van der Waals surface area contributed by atoms with Crippen LogP contribution in [0, 0.1) is 6.92 Å². The first kappa shape index (κ1) is 7.88. The van der Waals surface area contributed by atoms with Gasteiger partial charge in [0, 0.05) is 5.02 Å². The summed E-state index contributed by atoms with van der Waals surface area (Å²) in [7, 11) is 0. The van der Waals surface area contributed by atoms with Crippen LogP contribution >= 0.6 is 11.6 Å². The van der Waals surface area contributed by atoms with E-state index in [0.29, 0.717) is 0 Å². The van der Waals surface area contributed by atoms with Crippen molar-refractivity contribution in [2.45, 2.75) is 19.8 Å². The summed E-state index contributed by atoms with van der Waals surface area (Å²) in [5, 5.41) is 0.881. The molecule has 0 amide bonds. The lowest BCUT2D eigenvalue weighted by molar-refractivity contribution is 0.971. The predicted molar refractivity (Wildman–Crippen MR) is 53.5 cm³/mol. The lowest BCUT2D eigenvalue weighted by atomic mass is 9.93. The number of halogens is 1. The van der Waals surface area contributed by atoms with E-state index in [4.69, 9.17) is 11.6 Å². The van der Waals surface area contributed by atoms with Gasteiger partial charge in [0.2, 0.25) is 0 Å². The number of aryl methyl sites for hydroxylation is 1. The highest BCUT2D eigenvalue weighted by molar-refractivity contribution is 6.32. The molecule has 1 aromatic rings. The van der Waals surface area contributed by atoms with Gasteiger partial charge in [-0.1, -0.05) is 29.8 Å². The van der Waals surface area contributed by atoms with E-state index in [1.165, 1.54) is 16.7 Å². The molecule has 62 valence electrons. The Kier molecular flexibility index (Phi) is 1.93. The fourth-order valence-electron chi connectivity index (χ4n) is 1.69. The minimum atomic E-state index is 0.881. The van der Waals surface area contributed by atoms with Crippen LogP contribution in [0.1, 0.15) is 23.1 Å². The number of allylic oxidation sites excluding steroid dienone is 1. The van der Waals surface area contributed by atoms with Crippen LogP contribution in [-0.2, 0) is 6.42 Å². The molecule has 0 spiro atoms. The Bertz CT molecular complexity index is 337. The largest absolute Gasteiger partial charge is 0.0837 e. The maximum Gasteiger partial charge on any atom is 0.0481 e. The van der Waals surface area contributed by atoms with Crippen molar-refractivity contribution in [3.63, 3.8) is 0 Å². The van der Waals surface area contributed by atoms with Gasteiger partial charge in [0.05, 0.1) is 0 Å². The first-order chi connectivity index (χ1) is 5.79. The summed E-state index contributed by atoms with van der Waals surface area (Å²) in [6.07, 6.45) is 6.61. The third-order valence-electron chi connectivity index (χ3n) is 2.38. The van der Waals surface area contributed by atoms with Crippen molar-refractivity contribution >= 4 is 17.7 Å². The van der Waals surface area contributed by atoms with Gasteiger partial charge < -0.3 is 0 Å². The summed E-state index contributed by atoms with van der Waals surface area (Å²) in [6.45, 7) is 2.15. The van der Waals surface area contributed by atoms with Crippen LogP contribution in [0.4, 0.5) is 0 Å². The molecule has 0 saturated heterocycles. The highest BCUT2D eigenvalue weighted by Crippen LogP contribution is 2.28. The molecule has 0 unspecified atom stereocenters. The van der Waals surface area contributed by atoms with Crippen molar-refractivity contribution in [1.29, 1.82) is 0 Å². The summed E-state index contributed by atoms with van der Waals surface area (Å²) in [4.78, 5) is 0. The number of rotatable bonds is 0.